The summed E-state index contributed by atoms with van der Waals surface area (Å²) in [6.07, 6.45) is 1.75. The minimum absolute atomic E-state index is 0.311. The molecule has 2 aromatic carbocycles. The van der Waals surface area contributed by atoms with Gasteiger partial charge in [0.25, 0.3) is 11.7 Å². The molecule has 1 saturated heterocycles. The van der Waals surface area contributed by atoms with E-state index in [1.165, 1.54) is 12.1 Å². The van der Waals surface area contributed by atoms with Crippen molar-refractivity contribution in [2.24, 2.45) is 0 Å². The van der Waals surface area contributed by atoms with Gasteiger partial charge in [-0.05, 0) is 48.0 Å². The Bertz CT molecular complexity index is 1060. The van der Waals surface area contributed by atoms with E-state index < -0.39 is 11.7 Å². The first-order valence-electron chi connectivity index (χ1n) is 9.75. The van der Waals surface area contributed by atoms with Crippen LogP contribution in [0.2, 0.25) is 5.02 Å². The molecule has 1 aliphatic rings. The Morgan fingerprint density at radius 3 is 2.37 bits per heavy atom. The summed E-state index contributed by atoms with van der Waals surface area (Å²) in [6.45, 7) is 2.60. The molecule has 1 amide bonds. The molecule has 0 spiro atoms. The molecular formula is C23H21ClFN3O2. The van der Waals surface area contributed by atoms with Gasteiger partial charge in [0.1, 0.15) is 5.82 Å². The van der Waals surface area contributed by atoms with Crippen LogP contribution in [0.4, 0.5) is 10.1 Å². The zero-order valence-corrected chi connectivity index (χ0v) is 17.1. The van der Waals surface area contributed by atoms with Gasteiger partial charge in [-0.2, -0.15) is 0 Å². The van der Waals surface area contributed by atoms with E-state index in [-0.39, 0.29) is 5.82 Å². The molecular weight excluding hydrogens is 405 g/mol. The Morgan fingerprint density at radius 2 is 1.67 bits per heavy atom. The number of Topliss-reactive ketones (excluding diaryl/α,β-unsaturated/α-hetero) is 1. The number of ketones is 1. The van der Waals surface area contributed by atoms with Crippen LogP contribution >= 0.6 is 11.6 Å². The van der Waals surface area contributed by atoms with Gasteiger partial charge in [-0.15, -0.1) is 0 Å². The number of benzene rings is 2. The van der Waals surface area contributed by atoms with Crippen molar-refractivity contribution in [1.29, 1.82) is 0 Å². The highest BCUT2D eigenvalue weighted by molar-refractivity contribution is 6.42. The third-order valence-corrected chi connectivity index (χ3v) is 5.50. The molecule has 0 aliphatic carbocycles. The SMILES string of the molecule is O=C(C(=O)N1CCN(c2cccc(Cl)c2)CC1)c1cccn1Cc1ccc(F)cc1. The second kappa shape index (κ2) is 8.71. The van der Waals surface area contributed by atoms with Crippen molar-refractivity contribution in [3.05, 3.63) is 89.0 Å². The maximum Gasteiger partial charge on any atom is 0.296 e. The lowest BCUT2D eigenvalue weighted by Crippen LogP contribution is -2.50. The van der Waals surface area contributed by atoms with Crippen molar-refractivity contribution in [1.82, 2.24) is 9.47 Å². The normalized spacial score (nSPS) is 14.1. The zero-order valence-electron chi connectivity index (χ0n) is 16.3. The third-order valence-electron chi connectivity index (χ3n) is 5.26. The van der Waals surface area contributed by atoms with Crippen LogP contribution in [0.3, 0.4) is 0 Å². The lowest BCUT2D eigenvalue weighted by atomic mass is 10.2. The second-order valence-corrected chi connectivity index (χ2v) is 7.67. The molecule has 5 nitrogen and oxygen atoms in total. The van der Waals surface area contributed by atoms with Crippen LogP contribution in [0.5, 0.6) is 0 Å². The Kier molecular flexibility index (Phi) is 5.86. The summed E-state index contributed by atoms with van der Waals surface area (Å²) >= 11 is 6.07. The Balaban J connectivity index is 1.41. The van der Waals surface area contributed by atoms with Gasteiger partial charge in [0.2, 0.25) is 0 Å². The summed E-state index contributed by atoms with van der Waals surface area (Å²) in [6, 6.07) is 17.1. The van der Waals surface area contributed by atoms with Gasteiger partial charge in [-0.1, -0.05) is 29.8 Å². The lowest BCUT2D eigenvalue weighted by Gasteiger charge is -2.35. The highest BCUT2D eigenvalue weighted by Crippen LogP contribution is 2.21. The zero-order chi connectivity index (χ0) is 21.1. The second-order valence-electron chi connectivity index (χ2n) is 7.24. The van der Waals surface area contributed by atoms with Crippen LogP contribution in [0.25, 0.3) is 0 Å². The predicted octanol–water partition coefficient (Wildman–Crippen LogP) is 3.86. The molecule has 1 fully saturated rings. The molecule has 3 aromatic rings. The quantitative estimate of drug-likeness (QED) is 0.460. The predicted molar refractivity (Wildman–Crippen MR) is 115 cm³/mol. The Labute approximate surface area is 179 Å². The van der Waals surface area contributed by atoms with Crippen molar-refractivity contribution in [2.45, 2.75) is 6.54 Å². The van der Waals surface area contributed by atoms with E-state index in [9.17, 15) is 14.0 Å². The molecule has 4 rings (SSSR count). The van der Waals surface area contributed by atoms with Crippen molar-refractivity contribution < 1.29 is 14.0 Å². The van der Waals surface area contributed by atoms with Gasteiger partial charge in [0.05, 0.1) is 5.69 Å². The summed E-state index contributed by atoms with van der Waals surface area (Å²) < 4.78 is 14.8. The number of nitrogens with zero attached hydrogens (tertiary/aromatic N) is 3. The van der Waals surface area contributed by atoms with Crippen LogP contribution in [0.1, 0.15) is 16.1 Å². The van der Waals surface area contributed by atoms with E-state index in [4.69, 9.17) is 11.6 Å². The molecule has 0 radical (unpaired) electrons. The topological polar surface area (TPSA) is 45.6 Å². The number of piperazine rings is 1. The summed E-state index contributed by atoms with van der Waals surface area (Å²) in [5.41, 5.74) is 2.19. The highest BCUT2D eigenvalue weighted by Gasteiger charge is 2.28. The fraction of sp³-hybridized carbons (Fsp3) is 0.217. The molecule has 154 valence electrons. The number of carbonyl (C=O) groups is 2. The van der Waals surface area contributed by atoms with E-state index in [1.807, 2.05) is 24.3 Å². The Hall–Kier alpha value is -3.12. The molecule has 0 bridgehead atoms. The Morgan fingerprint density at radius 1 is 0.933 bits per heavy atom. The number of rotatable bonds is 5. The summed E-state index contributed by atoms with van der Waals surface area (Å²) in [5.74, 6) is -1.34. The van der Waals surface area contributed by atoms with Gasteiger partial charge >= 0.3 is 0 Å². The van der Waals surface area contributed by atoms with Gasteiger partial charge < -0.3 is 14.4 Å². The maximum absolute atomic E-state index is 13.1. The molecule has 1 aromatic heterocycles. The van der Waals surface area contributed by atoms with Crippen molar-refractivity contribution in [3.8, 4) is 0 Å². The average molecular weight is 426 g/mol. The number of amides is 1. The fourth-order valence-corrected chi connectivity index (χ4v) is 3.82. The number of hydrogen-bond donors (Lipinski definition) is 0. The average Bonchev–Trinajstić information content (AvgIpc) is 3.22. The molecule has 7 heteroatoms. The van der Waals surface area contributed by atoms with Crippen LogP contribution < -0.4 is 4.90 Å². The van der Waals surface area contributed by atoms with E-state index in [0.29, 0.717) is 43.4 Å². The van der Waals surface area contributed by atoms with Crippen molar-refractivity contribution in [2.75, 3.05) is 31.1 Å². The number of hydrogen-bond acceptors (Lipinski definition) is 3. The van der Waals surface area contributed by atoms with Crippen LogP contribution in [0, 0.1) is 5.82 Å². The van der Waals surface area contributed by atoms with E-state index in [1.54, 1.807) is 39.9 Å². The molecule has 0 atom stereocenters. The first-order chi connectivity index (χ1) is 14.5. The smallest absolute Gasteiger partial charge is 0.296 e. The van der Waals surface area contributed by atoms with Gasteiger partial charge in [-0.3, -0.25) is 9.59 Å². The summed E-state index contributed by atoms with van der Waals surface area (Å²) in [5, 5.41) is 0.670. The number of aromatic nitrogens is 1. The van der Waals surface area contributed by atoms with Crippen molar-refractivity contribution >= 4 is 29.0 Å². The standard InChI is InChI=1S/C23H21ClFN3O2/c24-18-3-1-4-20(15-18)26-11-13-27(14-12-26)23(30)22(29)21-5-2-10-28(21)16-17-6-8-19(25)9-7-17/h1-10,15H,11-14,16H2. The summed E-state index contributed by atoms with van der Waals surface area (Å²) in [4.78, 5) is 29.4. The number of anilines is 1. The van der Waals surface area contributed by atoms with Gasteiger partial charge in [0.15, 0.2) is 0 Å². The lowest BCUT2D eigenvalue weighted by molar-refractivity contribution is -0.126. The van der Waals surface area contributed by atoms with Crippen LogP contribution in [-0.2, 0) is 11.3 Å². The molecule has 30 heavy (non-hydrogen) atoms. The first-order valence-corrected chi connectivity index (χ1v) is 10.1. The molecule has 0 unspecified atom stereocenters. The molecule has 2 heterocycles. The van der Waals surface area contributed by atoms with E-state index >= 15 is 0 Å². The van der Waals surface area contributed by atoms with Crippen LogP contribution in [-0.4, -0.2) is 47.3 Å². The van der Waals surface area contributed by atoms with Gasteiger partial charge in [0, 0.05) is 49.6 Å². The minimum atomic E-state index is -0.529. The molecule has 0 saturated carbocycles. The van der Waals surface area contributed by atoms with E-state index in [0.717, 1.165) is 11.3 Å². The van der Waals surface area contributed by atoms with Crippen LogP contribution in [0.15, 0.2) is 66.9 Å². The number of halogens is 2. The largest absolute Gasteiger partial charge is 0.368 e. The highest BCUT2D eigenvalue weighted by atomic mass is 35.5. The van der Waals surface area contributed by atoms with E-state index in [2.05, 4.69) is 4.90 Å². The monoisotopic (exact) mass is 425 g/mol. The first kappa shape index (κ1) is 20.2. The van der Waals surface area contributed by atoms with Gasteiger partial charge in [-0.25, -0.2) is 4.39 Å². The fourth-order valence-electron chi connectivity index (χ4n) is 3.64. The number of carbonyl (C=O) groups excluding carboxylic acids is 2. The molecule has 0 N–H and O–H groups in total. The molecule has 1 aliphatic heterocycles. The minimum Gasteiger partial charge on any atom is -0.368 e. The summed E-state index contributed by atoms with van der Waals surface area (Å²) in [7, 11) is 0. The maximum atomic E-state index is 13.1. The van der Waals surface area contributed by atoms with Crippen molar-refractivity contribution in [3.63, 3.8) is 0 Å². The third kappa shape index (κ3) is 4.39.